The largest absolute Gasteiger partial charge is 0.383 e. The van der Waals surface area contributed by atoms with E-state index in [0.717, 1.165) is 0 Å². The number of rotatable bonds is 4. The van der Waals surface area contributed by atoms with E-state index in [-0.39, 0.29) is 34.7 Å². The topological polar surface area (TPSA) is 128 Å². The molecular weight excluding hydrogens is 272 g/mol. The zero-order chi connectivity index (χ0) is 14.0. The van der Waals surface area contributed by atoms with Gasteiger partial charge < -0.3 is 11.1 Å². The summed E-state index contributed by atoms with van der Waals surface area (Å²) in [6.45, 7) is 0.410. The predicted molar refractivity (Wildman–Crippen MR) is 70.6 cm³/mol. The van der Waals surface area contributed by atoms with Crippen LogP contribution in [0.5, 0.6) is 0 Å². The molecule has 1 atom stereocenters. The van der Waals surface area contributed by atoms with Crippen LogP contribution < -0.4 is 11.1 Å². The van der Waals surface area contributed by atoms with Crippen molar-refractivity contribution in [1.29, 1.82) is 0 Å². The molecule has 0 aromatic carbocycles. The maximum Gasteiger partial charge on any atom is 0.276 e. The molecule has 0 spiro atoms. The van der Waals surface area contributed by atoms with Gasteiger partial charge in [0.05, 0.1) is 28.6 Å². The van der Waals surface area contributed by atoms with Crippen molar-refractivity contribution in [3.05, 3.63) is 22.2 Å². The van der Waals surface area contributed by atoms with Gasteiger partial charge in [0, 0.05) is 6.54 Å². The molecule has 19 heavy (non-hydrogen) atoms. The first kappa shape index (κ1) is 13.5. The van der Waals surface area contributed by atoms with Crippen LogP contribution in [-0.2, 0) is 9.84 Å². The minimum Gasteiger partial charge on any atom is -0.383 e. The summed E-state index contributed by atoms with van der Waals surface area (Å²) in [6.07, 6.45) is 0.597. The van der Waals surface area contributed by atoms with Gasteiger partial charge in [-0.25, -0.2) is 13.4 Å². The van der Waals surface area contributed by atoms with Crippen molar-refractivity contribution in [2.24, 2.45) is 5.92 Å². The number of hydrogen-bond acceptors (Lipinski definition) is 7. The van der Waals surface area contributed by atoms with Crippen molar-refractivity contribution in [3.63, 3.8) is 0 Å². The normalized spacial score (nSPS) is 21.2. The van der Waals surface area contributed by atoms with Crippen molar-refractivity contribution < 1.29 is 13.3 Å². The first-order valence-corrected chi connectivity index (χ1v) is 7.54. The molecule has 1 saturated heterocycles. The van der Waals surface area contributed by atoms with Crippen molar-refractivity contribution in [1.82, 2.24) is 4.98 Å². The summed E-state index contributed by atoms with van der Waals surface area (Å²) in [7, 11) is -2.92. The Kier molecular flexibility index (Phi) is 3.56. The number of pyridine rings is 1. The molecule has 9 heteroatoms. The lowest BCUT2D eigenvalue weighted by Gasteiger charge is -2.10. The average molecular weight is 286 g/mol. The van der Waals surface area contributed by atoms with Gasteiger partial charge in [0.2, 0.25) is 0 Å². The van der Waals surface area contributed by atoms with E-state index in [9.17, 15) is 18.5 Å². The van der Waals surface area contributed by atoms with Crippen LogP contribution in [0.1, 0.15) is 6.42 Å². The molecule has 2 heterocycles. The van der Waals surface area contributed by atoms with Crippen molar-refractivity contribution in [2.45, 2.75) is 6.42 Å². The Morgan fingerprint density at radius 2 is 2.26 bits per heavy atom. The fourth-order valence-corrected chi connectivity index (χ4v) is 3.88. The summed E-state index contributed by atoms with van der Waals surface area (Å²) in [5.41, 5.74) is 5.33. The molecule has 1 fully saturated rings. The van der Waals surface area contributed by atoms with Gasteiger partial charge in [0.15, 0.2) is 9.84 Å². The van der Waals surface area contributed by atoms with Crippen LogP contribution in [0.2, 0.25) is 0 Å². The van der Waals surface area contributed by atoms with E-state index >= 15 is 0 Å². The van der Waals surface area contributed by atoms with Gasteiger partial charge in [-0.15, -0.1) is 0 Å². The predicted octanol–water partition coefficient (Wildman–Crippen LogP) is 0.419. The highest BCUT2D eigenvalue weighted by molar-refractivity contribution is 7.91. The average Bonchev–Trinajstić information content (AvgIpc) is 2.65. The van der Waals surface area contributed by atoms with Crippen LogP contribution in [0.4, 0.5) is 17.3 Å². The van der Waals surface area contributed by atoms with E-state index in [0.29, 0.717) is 13.0 Å². The number of sulfone groups is 1. The van der Waals surface area contributed by atoms with Crippen LogP contribution in [0.25, 0.3) is 0 Å². The van der Waals surface area contributed by atoms with Crippen LogP contribution in [-0.4, -0.2) is 36.4 Å². The summed E-state index contributed by atoms with van der Waals surface area (Å²) in [6, 6.07) is 2.45. The third-order valence-corrected chi connectivity index (χ3v) is 4.78. The monoisotopic (exact) mass is 286 g/mol. The molecule has 1 aromatic heterocycles. The number of nitro groups is 1. The van der Waals surface area contributed by atoms with Crippen molar-refractivity contribution >= 4 is 27.2 Å². The van der Waals surface area contributed by atoms with E-state index in [1.807, 2.05) is 0 Å². The van der Waals surface area contributed by atoms with Crippen molar-refractivity contribution in [3.8, 4) is 0 Å². The van der Waals surface area contributed by atoms with Gasteiger partial charge in [0.25, 0.3) is 5.69 Å². The second-order valence-electron chi connectivity index (χ2n) is 4.54. The summed E-state index contributed by atoms with van der Waals surface area (Å²) < 4.78 is 22.6. The first-order valence-electron chi connectivity index (χ1n) is 5.72. The highest BCUT2D eigenvalue weighted by atomic mass is 32.2. The van der Waals surface area contributed by atoms with Crippen LogP contribution in [0.15, 0.2) is 12.1 Å². The standard InChI is InChI=1S/C10H14N4O4S/c11-9-3-8(14(15)16)4-10(13-9)12-5-7-1-2-19(17,18)6-7/h3-4,7H,1-2,5-6H2,(H3,11,12,13). The summed E-state index contributed by atoms with van der Waals surface area (Å²) in [5.74, 6) is 0.688. The molecule has 1 aromatic rings. The number of nitrogens with two attached hydrogens (primary N) is 1. The molecule has 1 unspecified atom stereocenters. The maximum atomic E-state index is 11.3. The third-order valence-electron chi connectivity index (χ3n) is 2.94. The number of nitrogens with one attached hydrogen (secondary N) is 1. The number of nitrogen functional groups attached to an aromatic ring is 1. The third kappa shape index (κ3) is 3.53. The number of aromatic nitrogens is 1. The minimum atomic E-state index is -2.92. The molecule has 3 N–H and O–H groups in total. The van der Waals surface area contributed by atoms with Gasteiger partial charge in [-0.05, 0) is 12.3 Å². The molecule has 2 rings (SSSR count). The minimum absolute atomic E-state index is 0.00675. The lowest BCUT2D eigenvalue weighted by molar-refractivity contribution is -0.384. The fourth-order valence-electron chi connectivity index (χ4n) is 2.01. The Morgan fingerprint density at radius 3 is 2.84 bits per heavy atom. The molecule has 1 aliphatic heterocycles. The highest BCUT2D eigenvalue weighted by Gasteiger charge is 2.27. The Hall–Kier alpha value is -1.90. The van der Waals surface area contributed by atoms with E-state index < -0.39 is 14.8 Å². The Morgan fingerprint density at radius 1 is 1.53 bits per heavy atom. The van der Waals surface area contributed by atoms with Gasteiger partial charge in [-0.1, -0.05) is 0 Å². The SMILES string of the molecule is Nc1cc([N+](=O)[O-])cc(NCC2CCS(=O)(=O)C2)n1. The summed E-state index contributed by atoms with van der Waals surface area (Å²) in [5, 5.41) is 13.6. The molecule has 104 valence electrons. The lowest BCUT2D eigenvalue weighted by Crippen LogP contribution is -2.16. The number of anilines is 2. The van der Waals surface area contributed by atoms with Crippen LogP contribution in [0.3, 0.4) is 0 Å². The first-order chi connectivity index (χ1) is 8.85. The molecule has 0 saturated carbocycles. The second kappa shape index (κ2) is 5.00. The number of nitrogens with zero attached hydrogens (tertiary/aromatic N) is 2. The zero-order valence-electron chi connectivity index (χ0n) is 10.1. The molecular formula is C10H14N4O4S. The van der Waals surface area contributed by atoms with Gasteiger partial charge in [-0.3, -0.25) is 10.1 Å². The summed E-state index contributed by atoms with van der Waals surface area (Å²) in [4.78, 5) is 14.0. The van der Waals surface area contributed by atoms with Gasteiger partial charge >= 0.3 is 0 Å². The molecule has 0 radical (unpaired) electrons. The molecule has 8 nitrogen and oxygen atoms in total. The molecule has 0 aliphatic carbocycles. The molecule has 1 aliphatic rings. The van der Waals surface area contributed by atoms with Gasteiger partial charge in [-0.2, -0.15) is 0 Å². The van der Waals surface area contributed by atoms with E-state index in [4.69, 9.17) is 5.73 Å². The lowest BCUT2D eigenvalue weighted by atomic mass is 10.1. The van der Waals surface area contributed by atoms with Gasteiger partial charge in [0.1, 0.15) is 11.6 Å². The van der Waals surface area contributed by atoms with Crippen LogP contribution in [0, 0.1) is 16.0 Å². The quantitative estimate of drug-likeness (QED) is 0.606. The molecule has 0 bridgehead atoms. The Bertz CT molecular complexity index is 602. The van der Waals surface area contributed by atoms with Crippen LogP contribution >= 0.6 is 0 Å². The maximum absolute atomic E-state index is 11.3. The second-order valence-corrected chi connectivity index (χ2v) is 6.77. The van der Waals surface area contributed by atoms with E-state index in [2.05, 4.69) is 10.3 Å². The smallest absolute Gasteiger partial charge is 0.276 e. The zero-order valence-corrected chi connectivity index (χ0v) is 10.9. The van der Waals surface area contributed by atoms with E-state index in [1.165, 1.54) is 12.1 Å². The van der Waals surface area contributed by atoms with Crippen molar-refractivity contribution in [2.75, 3.05) is 29.1 Å². The molecule has 0 amide bonds. The summed E-state index contributed by atoms with van der Waals surface area (Å²) >= 11 is 0. The Balaban J connectivity index is 2.02. The fraction of sp³-hybridized carbons (Fsp3) is 0.500. The Labute approximate surface area is 110 Å². The highest BCUT2D eigenvalue weighted by Crippen LogP contribution is 2.21. The number of hydrogen-bond donors (Lipinski definition) is 2. The van der Waals surface area contributed by atoms with E-state index in [1.54, 1.807) is 0 Å².